The molecule has 90 valence electrons. The zero-order valence-electron chi connectivity index (χ0n) is 10.5. The van der Waals surface area contributed by atoms with E-state index in [9.17, 15) is 5.11 Å². The van der Waals surface area contributed by atoms with Crippen molar-refractivity contribution < 1.29 is 5.11 Å². The summed E-state index contributed by atoms with van der Waals surface area (Å²) < 4.78 is 0. The van der Waals surface area contributed by atoms with Gasteiger partial charge in [0.2, 0.25) is 0 Å². The number of aliphatic hydroxyl groups is 1. The van der Waals surface area contributed by atoms with Crippen molar-refractivity contribution >= 4 is 0 Å². The van der Waals surface area contributed by atoms with Crippen LogP contribution in [0.3, 0.4) is 0 Å². The van der Waals surface area contributed by atoms with E-state index in [1.165, 1.54) is 19.3 Å². The first-order chi connectivity index (χ1) is 7.13. The van der Waals surface area contributed by atoms with Gasteiger partial charge in [-0.25, -0.2) is 0 Å². The molecule has 1 fully saturated rings. The number of hydrogen-bond donors (Lipinski definition) is 2. The molecule has 0 amide bonds. The summed E-state index contributed by atoms with van der Waals surface area (Å²) in [7, 11) is 0. The molecule has 2 nitrogen and oxygen atoms in total. The van der Waals surface area contributed by atoms with Crippen molar-refractivity contribution in [3.8, 4) is 0 Å². The van der Waals surface area contributed by atoms with Gasteiger partial charge in [-0.3, -0.25) is 0 Å². The zero-order chi connectivity index (χ0) is 11.3. The Morgan fingerprint density at radius 2 is 2.07 bits per heavy atom. The predicted molar refractivity (Wildman–Crippen MR) is 64.9 cm³/mol. The topological polar surface area (TPSA) is 32.3 Å². The van der Waals surface area contributed by atoms with Crippen LogP contribution in [-0.2, 0) is 0 Å². The molecule has 4 unspecified atom stereocenters. The van der Waals surface area contributed by atoms with Gasteiger partial charge in [-0.05, 0) is 44.1 Å². The monoisotopic (exact) mass is 213 g/mol. The molecule has 0 spiro atoms. The number of nitrogens with one attached hydrogen (secondary N) is 1. The van der Waals surface area contributed by atoms with E-state index in [2.05, 4.69) is 19.2 Å². The van der Waals surface area contributed by atoms with Gasteiger partial charge in [-0.2, -0.15) is 0 Å². The molecule has 15 heavy (non-hydrogen) atoms. The van der Waals surface area contributed by atoms with Crippen molar-refractivity contribution in [2.45, 2.75) is 65.0 Å². The molecule has 0 aromatic carbocycles. The van der Waals surface area contributed by atoms with Gasteiger partial charge in [-0.1, -0.05) is 27.2 Å². The third-order valence-electron chi connectivity index (χ3n) is 3.81. The third-order valence-corrected chi connectivity index (χ3v) is 3.81. The van der Waals surface area contributed by atoms with Crippen LogP contribution in [0.1, 0.15) is 52.9 Å². The van der Waals surface area contributed by atoms with Gasteiger partial charge < -0.3 is 10.4 Å². The van der Waals surface area contributed by atoms with Crippen molar-refractivity contribution in [2.75, 3.05) is 6.54 Å². The predicted octanol–water partition coefficient (Wildman–Crippen LogP) is 2.56. The van der Waals surface area contributed by atoms with Gasteiger partial charge in [0.25, 0.3) is 0 Å². The van der Waals surface area contributed by atoms with Crippen LogP contribution in [-0.4, -0.2) is 23.8 Å². The van der Waals surface area contributed by atoms with E-state index in [-0.39, 0.29) is 6.10 Å². The van der Waals surface area contributed by atoms with Gasteiger partial charge in [0, 0.05) is 6.04 Å². The quantitative estimate of drug-likeness (QED) is 0.735. The van der Waals surface area contributed by atoms with Crippen molar-refractivity contribution in [2.24, 2.45) is 11.8 Å². The maximum Gasteiger partial charge on any atom is 0.0549 e. The fourth-order valence-electron chi connectivity index (χ4n) is 2.46. The molecular weight excluding hydrogens is 186 g/mol. The molecule has 1 aliphatic carbocycles. The van der Waals surface area contributed by atoms with Crippen molar-refractivity contribution in [3.63, 3.8) is 0 Å². The molecule has 0 radical (unpaired) electrons. The fraction of sp³-hybridized carbons (Fsp3) is 1.00. The molecule has 2 heteroatoms. The average molecular weight is 213 g/mol. The molecule has 2 N–H and O–H groups in total. The van der Waals surface area contributed by atoms with Crippen LogP contribution < -0.4 is 5.32 Å². The van der Waals surface area contributed by atoms with E-state index >= 15 is 0 Å². The lowest BCUT2D eigenvalue weighted by atomic mass is 9.80. The Morgan fingerprint density at radius 1 is 1.33 bits per heavy atom. The Kier molecular flexibility index (Phi) is 5.62. The van der Waals surface area contributed by atoms with E-state index < -0.39 is 0 Å². The van der Waals surface area contributed by atoms with E-state index in [1.54, 1.807) is 0 Å². The second-order valence-electron chi connectivity index (χ2n) is 5.31. The van der Waals surface area contributed by atoms with Crippen LogP contribution >= 0.6 is 0 Å². The molecule has 1 aliphatic rings. The smallest absolute Gasteiger partial charge is 0.0549 e. The lowest BCUT2D eigenvalue weighted by molar-refractivity contribution is 0.152. The molecule has 0 aromatic heterocycles. The first kappa shape index (κ1) is 13.0. The van der Waals surface area contributed by atoms with Crippen LogP contribution in [0.2, 0.25) is 0 Å². The summed E-state index contributed by atoms with van der Waals surface area (Å²) >= 11 is 0. The molecule has 0 saturated heterocycles. The lowest BCUT2D eigenvalue weighted by Gasteiger charge is -2.33. The second kappa shape index (κ2) is 6.49. The summed E-state index contributed by atoms with van der Waals surface area (Å²) in [6.45, 7) is 7.70. The second-order valence-corrected chi connectivity index (χ2v) is 5.31. The maximum atomic E-state index is 9.47. The van der Waals surface area contributed by atoms with Crippen molar-refractivity contribution in [3.05, 3.63) is 0 Å². The van der Waals surface area contributed by atoms with Gasteiger partial charge in [-0.15, -0.1) is 0 Å². The molecular formula is C13H27NO. The fourth-order valence-corrected chi connectivity index (χ4v) is 2.46. The molecule has 0 heterocycles. The number of hydrogen-bond acceptors (Lipinski definition) is 2. The summed E-state index contributed by atoms with van der Waals surface area (Å²) in [6, 6.07) is 0.679. The Hall–Kier alpha value is -0.0800. The minimum absolute atomic E-state index is 0.117. The Morgan fingerprint density at radius 3 is 2.73 bits per heavy atom. The highest BCUT2D eigenvalue weighted by molar-refractivity contribution is 4.81. The van der Waals surface area contributed by atoms with Crippen LogP contribution in [0.4, 0.5) is 0 Å². The van der Waals surface area contributed by atoms with Gasteiger partial charge in [0.1, 0.15) is 0 Å². The molecule has 4 atom stereocenters. The van der Waals surface area contributed by atoms with Gasteiger partial charge >= 0.3 is 0 Å². The van der Waals surface area contributed by atoms with E-state index in [0.717, 1.165) is 31.2 Å². The van der Waals surface area contributed by atoms with Crippen LogP contribution in [0, 0.1) is 11.8 Å². The minimum Gasteiger partial charge on any atom is -0.393 e. The highest BCUT2D eigenvalue weighted by Gasteiger charge is 2.24. The van der Waals surface area contributed by atoms with Gasteiger partial charge in [0.15, 0.2) is 0 Å². The van der Waals surface area contributed by atoms with Crippen molar-refractivity contribution in [1.29, 1.82) is 0 Å². The van der Waals surface area contributed by atoms with Crippen LogP contribution in [0.5, 0.6) is 0 Å². The summed E-state index contributed by atoms with van der Waals surface area (Å²) in [5, 5.41) is 13.1. The van der Waals surface area contributed by atoms with Gasteiger partial charge in [0.05, 0.1) is 6.10 Å². The Balaban J connectivity index is 2.18. The number of aliphatic hydroxyl groups excluding tert-OH is 1. The summed E-state index contributed by atoms with van der Waals surface area (Å²) in [5.74, 6) is 1.68. The number of rotatable bonds is 5. The normalized spacial score (nSPS) is 34.0. The highest BCUT2D eigenvalue weighted by Crippen LogP contribution is 2.28. The Bertz CT molecular complexity index is 172. The largest absolute Gasteiger partial charge is 0.393 e. The molecule has 1 saturated carbocycles. The van der Waals surface area contributed by atoms with E-state index in [1.807, 2.05) is 6.92 Å². The van der Waals surface area contributed by atoms with Crippen molar-refractivity contribution in [1.82, 2.24) is 5.32 Å². The van der Waals surface area contributed by atoms with Crippen LogP contribution in [0.25, 0.3) is 0 Å². The van der Waals surface area contributed by atoms with E-state index in [4.69, 9.17) is 0 Å². The van der Waals surface area contributed by atoms with Crippen LogP contribution in [0.15, 0.2) is 0 Å². The minimum atomic E-state index is -0.117. The average Bonchev–Trinajstić information content (AvgIpc) is 2.23. The molecule has 0 aromatic rings. The Labute approximate surface area is 94.5 Å². The first-order valence-electron chi connectivity index (χ1n) is 6.55. The summed E-state index contributed by atoms with van der Waals surface area (Å²) in [4.78, 5) is 0. The first-order valence-corrected chi connectivity index (χ1v) is 6.55. The third kappa shape index (κ3) is 4.52. The van der Waals surface area contributed by atoms with E-state index in [0.29, 0.717) is 6.04 Å². The molecule has 0 bridgehead atoms. The lowest BCUT2D eigenvalue weighted by Crippen LogP contribution is -2.40. The summed E-state index contributed by atoms with van der Waals surface area (Å²) in [6.07, 6.45) is 5.70. The molecule has 0 aliphatic heterocycles. The summed E-state index contributed by atoms with van der Waals surface area (Å²) in [5.41, 5.74) is 0. The SMILES string of the molecule is CCC(O)CCNC1CC(C)CCC1C. The zero-order valence-corrected chi connectivity index (χ0v) is 10.5. The standard InChI is InChI=1S/C13H27NO/c1-4-12(15)7-8-14-13-9-10(2)5-6-11(13)3/h10-15H,4-9H2,1-3H3. The highest BCUT2D eigenvalue weighted by atomic mass is 16.3. The molecule has 1 rings (SSSR count). The maximum absolute atomic E-state index is 9.47.